The molecule has 2 aromatic rings. The fourth-order valence-corrected chi connectivity index (χ4v) is 2.05. The van der Waals surface area contributed by atoms with Crippen LogP contribution in [0.1, 0.15) is 44.6 Å². The Balaban J connectivity index is 2.36. The monoisotopic (exact) mass is 231 g/mol. The van der Waals surface area contributed by atoms with E-state index < -0.39 is 0 Å². The number of fused-ring (bicyclic) bond motifs is 1. The quantitative estimate of drug-likeness (QED) is 0.862. The van der Waals surface area contributed by atoms with Crippen molar-refractivity contribution in [3.8, 4) is 0 Å². The van der Waals surface area contributed by atoms with Crippen LogP contribution in [0.2, 0.25) is 0 Å². The van der Waals surface area contributed by atoms with Gasteiger partial charge in [-0.2, -0.15) is 0 Å². The van der Waals surface area contributed by atoms with Crippen LogP contribution < -0.4 is 5.73 Å². The molecule has 17 heavy (non-hydrogen) atoms. The van der Waals surface area contributed by atoms with Gasteiger partial charge in [-0.3, -0.25) is 0 Å². The van der Waals surface area contributed by atoms with Crippen molar-refractivity contribution >= 4 is 11.0 Å². The second-order valence-electron chi connectivity index (χ2n) is 5.04. The highest BCUT2D eigenvalue weighted by Crippen LogP contribution is 2.27. The lowest BCUT2D eigenvalue weighted by Gasteiger charge is -2.11. The molecule has 1 heterocycles. The molecule has 0 aliphatic rings. The largest absolute Gasteiger partial charge is 0.459 e. The topological polar surface area (TPSA) is 39.2 Å². The van der Waals surface area contributed by atoms with Crippen molar-refractivity contribution in [3.05, 3.63) is 35.6 Å². The van der Waals surface area contributed by atoms with E-state index >= 15 is 0 Å². The van der Waals surface area contributed by atoms with Crippen LogP contribution in [0.25, 0.3) is 11.0 Å². The summed E-state index contributed by atoms with van der Waals surface area (Å²) in [6, 6.07) is 8.46. The number of hydrogen-bond acceptors (Lipinski definition) is 2. The summed E-state index contributed by atoms with van der Waals surface area (Å²) < 4.78 is 5.80. The van der Waals surface area contributed by atoms with Gasteiger partial charge in [-0.15, -0.1) is 0 Å². The Morgan fingerprint density at radius 1 is 1.24 bits per heavy atom. The maximum absolute atomic E-state index is 6.10. The van der Waals surface area contributed by atoms with Crippen molar-refractivity contribution in [1.82, 2.24) is 0 Å². The van der Waals surface area contributed by atoms with Crippen LogP contribution in [0.5, 0.6) is 0 Å². The molecule has 0 aliphatic heterocycles. The maximum atomic E-state index is 6.10. The van der Waals surface area contributed by atoms with E-state index in [1.807, 2.05) is 0 Å². The molecule has 2 rings (SSSR count). The Morgan fingerprint density at radius 3 is 2.65 bits per heavy atom. The number of nitrogens with two attached hydrogens (primary N) is 1. The zero-order valence-electron chi connectivity index (χ0n) is 10.9. The molecule has 0 fully saturated rings. The maximum Gasteiger partial charge on any atom is 0.134 e. The minimum absolute atomic E-state index is 0.0166. The standard InChI is InChI=1S/C15H21NO/c1-4-5-11-6-7-13-12(8-11)9-14(17-13)15(16)10(2)3/h6-10,15H,4-5,16H2,1-3H3. The van der Waals surface area contributed by atoms with E-state index in [-0.39, 0.29) is 6.04 Å². The van der Waals surface area contributed by atoms with Crippen LogP contribution in [-0.4, -0.2) is 0 Å². The molecule has 2 heteroatoms. The molecule has 0 saturated carbocycles. The average molecular weight is 231 g/mol. The summed E-state index contributed by atoms with van der Waals surface area (Å²) in [5.74, 6) is 1.29. The van der Waals surface area contributed by atoms with Crippen molar-refractivity contribution in [2.45, 2.75) is 39.7 Å². The van der Waals surface area contributed by atoms with E-state index in [0.717, 1.165) is 17.8 Å². The first-order valence-electron chi connectivity index (χ1n) is 6.39. The Morgan fingerprint density at radius 2 is 2.00 bits per heavy atom. The van der Waals surface area contributed by atoms with Gasteiger partial charge in [-0.05, 0) is 36.1 Å². The van der Waals surface area contributed by atoms with Crippen LogP contribution in [0.4, 0.5) is 0 Å². The zero-order valence-corrected chi connectivity index (χ0v) is 10.9. The third-order valence-electron chi connectivity index (χ3n) is 3.19. The zero-order chi connectivity index (χ0) is 12.4. The van der Waals surface area contributed by atoms with Crippen molar-refractivity contribution in [1.29, 1.82) is 0 Å². The summed E-state index contributed by atoms with van der Waals surface area (Å²) in [7, 11) is 0. The molecule has 2 nitrogen and oxygen atoms in total. The predicted molar refractivity (Wildman–Crippen MR) is 72.0 cm³/mol. The lowest BCUT2D eigenvalue weighted by atomic mass is 10.0. The van der Waals surface area contributed by atoms with Gasteiger partial charge in [0.1, 0.15) is 11.3 Å². The number of rotatable bonds is 4. The molecule has 2 N–H and O–H groups in total. The average Bonchev–Trinajstić information content (AvgIpc) is 2.71. The molecule has 0 bridgehead atoms. The molecular weight excluding hydrogens is 210 g/mol. The first-order chi connectivity index (χ1) is 8.11. The highest BCUT2D eigenvalue weighted by Gasteiger charge is 2.15. The van der Waals surface area contributed by atoms with Crippen molar-refractivity contribution in [2.75, 3.05) is 0 Å². The van der Waals surface area contributed by atoms with Gasteiger partial charge in [0.25, 0.3) is 0 Å². The summed E-state index contributed by atoms with van der Waals surface area (Å²) >= 11 is 0. The van der Waals surface area contributed by atoms with Crippen molar-refractivity contribution < 1.29 is 4.42 Å². The second-order valence-corrected chi connectivity index (χ2v) is 5.04. The molecule has 0 spiro atoms. The minimum Gasteiger partial charge on any atom is -0.459 e. The lowest BCUT2D eigenvalue weighted by molar-refractivity contribution is 0.418. The number of benzene rings is 1. The van der Waals surface area contributed by atoms with E-state index in [2.05, 4.69) is 45.0 Å². The highest BCUT2D eigenvalue weighted by molar-refractivity contribution is 5.78. The van der Waals surface area contributed by atoms with Gasteiger partial charge in [-0.25, -0.2) is 0 Å². The third kappa shape index (κ3) is 2.52. The number of hydrogen-bond donors (Lipinski definition) is 1. The summed E-state index contributed by atoms with van der Waals surface area (Å²) in [5.41, 5.74) is 8.41. The second kappa shape index (κ2) is 4.92. The van der Waals surface area contributed by atoms with Gasteiger partial charge in [0.15, 0.2) is 0 Å². The summed E-state index contributed by atoms with van der Waals surface area (Å²) in [4.78, 5) is 0. The third-order valence-corrected chi connectivity index (χ3v) is 3.19. The number of aryl methyl sites for hydroxylation is 1. The fraction of sp³-hybridized carbons (Fsp3) is 0.467. The minimum atomic E-state index is -0.0166. The van der Waals surface area contributed by atoms with Gasteiger partial charge >= 0.3 is 0 Å². The van der Waals surface area contributed by atoms with Crippen LogP contribution in [0.15, 0.2) is 28.7 Å². The first kappa shape index (κ1) is 12.2. The molecule has 92 valence electrons. The highest BCUT2D eigenvalue weighted by atomic mass is 16.3. The molecule has 1 atom stereocenters. The fourth-order valence-electron chi connectivity index (χ4n) is 2.05. The van der Waals surface area contributed by atoms with E-state index in [1.165, 1.54) is 17.4 Å². The first-order valence-corrected chi connectivity index (χ1v) is 6.39. The molecule has 0 radical (unpaired) electrons. The molecule has 1 aromatic carbocycles. The Hall–Kier alpha value is -1.28. The Bertz CT molecular complexity index is 499. The van der Waals surface area contributed by atoms with E-state index in [4.69, 9.17) is 10.2 Å². The molecule has 0 saturated heterocycles. The SMILES string of the molecule is CCCc1ccc2oc(C(N)C(C)C)cc2c1. The molecule has 0 amide bonds. The smallest absolute Gasteiger partial charge is 0.134 e. The van der Waals surface area contributed by atoms with E-state index in [0.29, 0.717) is 5.92 Å². The van der Waals surface area contributed by atoms with Crippen LogP contribution in [0.3, 0.4) is 0 Å². The normalized spacial score (nSPS) is 13.5. The predicted octanol–water partition coefficient (Wildman–Crippen LogP) is 4.04. The Kier molecular flexibility index (Phi) is 3.53. The van der Waals surface area contributed by atoms with Gasteiger partial charge in [0.05, 0.1) is 6.04 Å². The van der Waals surface area contributed by atoms with Crippen LogP contribution in [-0.2, 0) is 6.42 Å². The molecule has 1 aromatic heterocycles. The number of furan rings is 1. The van der Waals surface area contributed by atoms with Gasteiger partial charge in [0.2, 0.25) is 0 Å². The van der Waals surface area contributed by atoms with Crippen LogP contribution >= 0.6 is 0 Å². The van der Waals surface area contributed by atoms with Gasteiger partial charge < -0.3 is 10.2 Å². The summed E-state index contributed by atoms with van der Waals surface area (Å²) in [6.45, 7) is 6.42. The Labute approximate surface area is 103 Å². The summed E-state index contributed by atoms with van der Waals surface area (Å²) in [5, 5.41) is 1.17. The lowest BCUT2D eigenvalue weighted by Crippen LogP contribution is -2.15. The van der Waals surface area contributed by atoms with Gasteiger partial charge in [0, 0.05) is 5.39 Å². The summed E-state index contributed by atoms with van der Waals surface area (Å²) in [6.07, 6.45) is 2.29. The molecule has 1 unspecified atom stereocenters. The van der Waals surface area contributed by atoms with E-state index in [9.17, 15) is 0 Å². The van der Waals surface area contributed by atoms with E-state index in [1.54, 1.807) is 0 Å². The van der Waals surface area contributed by atoms with Crippen LogP contribution in [0, 0.1) is 5.92 Å². The molecule has 0 aliphatic carbocycles. The van der Waals surface area contributed by atoms with Crippen molar-refractivity contribution in [3.63, 3.8) is 0 Å². The molecular formula is C15H21NO. The van der Waals surface area contributed by atoms with Gasteiger partial charge in [-0.1, -0.05) is 33.3 Å². The van der Waals surface area contributed by atoms with Crippen molar-refractivity contribution in [2.24, 2.45) is 11.7 Å².